The third kappa shape index (κ3) is 6.58. The van der Waals surface area contributed by atoms with Gasteiger partial charge in [0.15, 0.2) is 0 Å². The van der Waals surface area contributed by atoms with Crippen LogP contribution in [-0.4, -0.2) is 24.7 Å². The van der Waals surface area contributed by atoms with Crippen LogP contribution in [0.25, 0.3) is 0 Å². The van der Waals surface area contributed by atoms with E-state index >= 15 is 0 Å². The fraction of sp³-hybridized carbons (Fsp3) is 0.538. The van der Waals surface area contributed by atoms with Gasteiger partial charge in [0.05, 0.1) is 0 Å². The number of alkyl halides is 2. The van der Waals surface area contributed by atoms with Crippen LogP contribution in [0.3, 0.4) is 0 Å². The molecule has 0 fully saturated rings. The molecule has 108 valence electrons. The normalized spacial score (nSPS) is 12.7. The van der Waals surface area contributed by atoms with Crippen molar-refractivity contribution in [2.24, 2.45) is 0 Å². The van der Waals surface area contributed by atoms with Gasteiger partial charge in [-0.05, 0) is 37.4 Å². The van der Waals surface area contributed by atoms with Crippen molar-refractivity contribution in [3.05, 3.63) is 28.2 Å². The molecule has 0 aliphatic carbocycles. The Kier molecular flexibility index (Phi) is 7.71. The first-order valence-corrected chi connectivity index (χ1v) is 8.07. The number of ether oxygens (including phenoxy) is 1. The predicted molar refractivity (Wildman–Crippen MR) is 80.1 cm³/mol. The van der Waals surface area contributed by atoms with Crippen LogP contribution < -0.4 is 10.1 Å². The second-order valence-corrected chi connectivity index (χ2v) is 6.33. The van der Waals surface area contributed by atoms with Crippen LogP contribution in [0.2, 0.25) is 0 Å². The zero-order valence-electron chi connectivity index (χ0n) is 11.0. The molecule has 0 bridgehead atoms. The summed E-state index contributed by atoms with van der Waals surface area (Å²) in [5, 5.41) is 3.84. The molecule has 1 N–H and O–H groups in total. The zero-order valence-corrected chi connectivity index (χ0v) is 13.4. The summed E-state index contributed by atoms with van der Waals surface area (Å²) >= 11 is 5.15. The van der Waals surface area contributed by atoms with Crippen molar-refractivity contribution in [1.82, 2.24) is 5.32 Å². The number of rotatable bonds is 8. The molecule has 6 heteroatoms. The lowest BCUT2D eigenvalue weighted by molar-refractivity contribution is -0.0505. The molecule has 0 aromatic heterocycles. The molecule has 0 aliphatic rings. The minimum atomic E-state index is -2.79. The average Bonchev–Trinajstić information content (AvgIpc) is 2.36. The van der Waals surface area contributed by atoms with Crippen molar-refractivity contribution in [3.63, 3.8) is 0 Å². The Bertz CT molecular complexity index is 393. The Morgan fingerprint density at radius 2 is 2.16 bits per heavy atom. The van der Waals surface area contributed by atoms with Crippen molar-refractivity contribution in [2.75, 3.05) is 12.8 Å². The summed E-state index contributed by atoms with van der Waals surface area (Å²) in [5.41, 5.74) is 0.728. The molecule has 0 spiro atoms. The summed E-state index contributed by atoms with van der Waals surface area (Å²) in [7, 11) is 0. The minimum absolute atomic E-state index is 0.226. The highest BCUT2D eigenvalue weighted by atomic mass is 79.9. The van der Waals surface area contributed by atoms with Crippen molar-refractivity contribution < 1.29 is 13.5 Å². The SMILES string of the molecule is CSC(C)CCNCc1cc(Br)ccc1OC(F)F. The molecule has 1 unspecified atom stereocenters. The van der Waals surface area contributed by atoms with Gasteiger partial charge in [-0.15, -0.1) is 0 Å². The van der Waals surface area contributed by atoms with Crippen LogP contribution in [0.4, 0.5) is 8.78 Å². The molecular formula is C13H18BrF2NOS. The summed E-state index contributed by atoms with van der Waals surface area (Å²) in [6.07, 6.45) is 3.12. The first-order chi connectivity index (χ1) is 9.02. The highest BCUT2D eigenvalue weighted by Gasteiger charge is 2.10. The highest BCUT2D eigenvalue weighted by Crippen LogP contribution is 2.24. The molecule has 0 amide bonds. The lowest BCUT2D eigenvalue weighted by Gasteiger charge is -2.13. The number of nitrogens with one attached hydrogen (secondary N) is 1. The van der Waals surface area contributed by atoms with Crippen LogP contribution in [-0.2, 0) is 6.54 Å². The zero-order chi connectivity index (χ0) is 14.3. The number of benzene rings is 1. The monoisotopic (exact) mass is 353 g/mol. The summed E-state index contributed by atoms with van der Waals surface area (Å²) in [6, 6.07) is 5.04. The molecule has 0 heterocycles. The molecule has 0 saturated heterocycles. The van der Waals surface area contributed by atoms with Crippen LogP contribution in [0.15, 0.2) is 22.7 Å². The van der Waals surface area contributed by atoms with Gasteiger partial charge in [-0.1, -0.05) is 22.9 Å². The topological polar surface area (TPSA) is 21.3 Å². The molecule has 1 rings (SSSR count). The van der Waals surface area contributed by atoms with Gasteiger partial charge in [-0.25, -0.2) is 0 Å². The largest absolute Gasteiger partial charge is 0.434 e. The van der Waals surface area contributed by atoms with E-state index in [1.807, 2.05) is 11.8 Å². The Morgan fingerprint density at radius 1 is 1.42 bits per heavy atom. The number of hydrogen-bond acceptors (Lipinski definition) is 3. The van der Waals surface area contributed by atoms with E-state index in [9.17, 15) is 8.78 Å². The molecule has 1 atom stereocenters. The standard InChI is InChI=1S/C13H18BrF2NOS/c1-9(19-2)5-6-17-8-10-7-11(14)3-4-12(10)18-13(15)16/h3-4,7,9,13,17H,5-6,8H2,1-2H3. The Labute approximate surface area is 125 Å². The summed E-state index contributed by atoms with van der Waals surface area (Å²) in [5.74, 6) is 0.226. The fourth-order valence-electron chi connectivity index (χ4n) is 1.54. The van der Waals surface area contributed by atoms with Crippen LogP contribution in [0, 0.1) is 0 Å². The lowest BCUT2D eigenvalue weighted by atomic mass is 10.2. The summed E-state index contributed by atoms with van der Waals surface area (Å²) < 4.78 is 29.9. The minimum Gasteiger partial charge on any atom is -0.434 e. The first-order valence-electron chi connectivity index (χ1n) is 5.99. The second-order valence-electron chi connectivity index (χ2n) is 4.14. The first kappa shape index (κ1) is 16.7. The van der Waals surface area contributed by atoms with E-state index in [2.05, 4.69) is 39.2 Å². The maximum Gasteiger partial charge on any atom is 0.387 e. The smallest absolute Gasteiger partial charge is 0.387 e. The Hall–Kier alpha value is -0.330. The van der Waals surface area contributed by atoms with E-state index in [0.29, 0.717) is 11.8 Å². The molecule has 0 saturated carbocycles. The van der Waals surface area contributed by atoms with Gasteiger partial charge >= 0.3 is 6.61 Å². The third-order valence-corrected chi connectivity index (χ3v) is 4.22. The second kappa shape index (κ2) is 8.76. The van der Waals surface area contributed by atoms with Crippen molar-refractivity contribution in [3.8, 4) is 5.75 Å². The van der Waals surface area contributed by atoms with E-state index in [-0.39, 0.29) is 5.75 Å². The van der Waals surface area contributed by atoms with Gasteiger partial charge in [0, 0.05) is 21.8 Å². The quantitative estimate of drug-likeness (QED) is 0.704. The molecule has 0 radical (unpaired) electrons. The summed E-state index contributed by atoms with van der Waals surface area (Å²) in [6.45, 7) is 0.735. The van der Waals surface area contributed by atoms with Gasteiger partial charge in [-0.3, -0.25) is 0 Å². The predicted octanol–water partition coefficient (Wildman–Crippen LogP) is 4.28. The molecule has 2 nitrogen and oxygen atoms in total. The maximum atomic E-state index is 12.3. The van der Waals surface area contributed by atoms with Crippen LogP contribution in [0.1, 0.15) is 18.9 Å². The number of thioether (sulfide) groups is 1. The van der Waals surface area contributed by atoms with Gasteiger partial charge in [0.1, 0.15) is 5.75 Å². The van der Waals surface area contributed by atoms with Gasteiger partial charge in [0.2, 0.25) is 0 Å². The van der Waals surface area contributed by atoms with Crippen LogP contribution >= 0.6 is 27.7 Å². The van der Waals surface area contributed by atoms with E-state index in [1.54, 1.807) is 18.2 Å². The van der Waals surface area contributed by atoms with Crippen molar-refractivity contribution >= 4 is 27.7 Å². The van der Waals surface area contributed by atoms with Gasteiger partial charge in [-0.2, -0.15) is 20.5 Å². The van der Waals surface area contributed by atoms with Gasteiger partial charge in [0.25, 0.3) is 0 Å². The lowest BCUT2D eigenvalue weighted by Crippen LogP contribution is -2.18. The molecule has 1 aromatic rings. The third-order valence-electron chi connectivity index (χ3n) is 2.68. The van der Waals surface area contributed by atoms with Crippen molar-refractivity contribution in [2.45, 2.75) is 31.8 Å². The molecule has 19 heavy (non-hydrogen) atoms. The maximum absolute atomic E-state index is 12.3. The molecule has 0 aliphatic heterocycles. The molecule has 1 aromatic carbocycles. The van der Waals surface area contributed by atoms with E-state index in [0.717, 1.165) is 23.0 Å². The highest BCUT2D eigenvalue weighted by molar-refractivity contribution is 9.10. The van der Waals surface area contributed by atoms with E-state index in [4.69, 9.17) is 0 Å². The van der Waals surface area contributed by atoms with Gasteiger partial charge < -0.3 is 10.1 Å². The van der Waals surface area contributed by atoms with Crippen LogP contribution in [0.5, 0.6) is 5.75 Å². The van der Waals surface area contributed by atoms with Crippen molar-refractivity contribution in [1.29, 1.82) is 0 Å². The number of hydrogen-bond donors (Lipinski definition) is 1. The number of halogens is 3. The fourth-order valence-corrected chi connectivity index (χ4v) is 2.31. The summed E-state index contributed by atoms with van der Waals surface area (Å²) in [4.78, 5) is 0. The Morgan fingerprint density at radius 3 is 2.79 bits per heavy atom. The molecular weight excluding hydrogens is 336 g/mol. The average molecular weight is 354 g/mol. The Balaban J connectivity index is 2.53. The van der Waals surface area contributed by atoms with E-state index in [1.165, 1.54) is 0 Å². The van der Waals surface area contributed by atoms with E-state index < -0.39 is 6.61 Å².